The molecule has 1 unspecified atom stereocenters. The first-order chi connectivity index (χ1) is 10.8. The van der Waals surface area contributed by atoms with E-state index in [1.807, 2.05) is 6.07 Å². The predicted octanol–water partition coefficient (Wildman–Crippen LogP) is 2.77. The van der Waals surface area contributed by atoms with Crippen molar-refractivity contribution in [1.29, 1.82) is 0 Å². The molecule has 1 atom stereocenters. The highest BCUT2D eigenvalue weighted by Crippen LogP contribution is 2.27. The van der Waals surface area contributed by atoms with Crippen molar-refractivity contribution in [2.75, 3.05) is 5.75 Å². The molecule has 114 valence electrons. The number of phenolic OH excluding ortho intramolecular Hbond substituents is 1. The van der Waals surface area contributed by atoms with Crippen LogP contribution in [0.15, 0.2) is 46.6 Å². The first-order valence-corrected chi connectivity index (χ1v) is 8.25. The molecule has 1 saturated heterocycles. The number of hydrogen-bond donors (Lipinski definition) is 1. The van der Waals surface area contributed by atoms with Crippen molar-refractivity contribution in [1.82, 2.24) is 4.90 Å². The van der Waals surface area contributed by atoms with Gasteiger partial charge in [0.15, 0.2) is 5.17 Å². The Balaban J connectivity index is 1.77. The summed E-state index contributed by atoms with van der Waals surface area (Å²) in [6.07, 6.45) is 8.82. The zero-order chi connectivity index (χ0) is 15.4. The number of amidine groups is 1. The van der Waals surface area contributed by atoms with Gasteiger partial charge in [-0.2, -0.15) is 5.10 Å². The SMILES string of the molecule is O=C1CSC(=NN=Cc2ccccc2O)N1C1C=CCCC1. The van der Waals surface area contributed by atoms with Crippen LogP contribution in [0.5, 0.6) is 5.75 Å². The molecule has 1 amide bonds. The number of carbonyl (C=O) groups excluding carboxylic acids is 1. The number of aromatic hydroxyl groups is 1. The van der Waals surface area contributed by atoms with Gasteiger partial charge in [-0.1, -0.05) is 36.0 Å². The number of thioether (sulfide) groups is 1. The molecule has 3 rings (SSSR count). The molecule has 0 spiro atoms. The molecule has 1 aliphatic heterocycles. The molecular formula is C16H17N3O2S. The largest absolute Gasteiger partial charge is 0.507 e. The third-order valence-corrected chi connectivity index (χ3v) is 4.56. The molecule has 0 radical (unpaired) electrons. The Labute approximate surface area is 133 Å². The van der Waals surface area contributed by atoms with Gasteiger partial charge in [0.25, 0.3) is 0 Å². The number of allylic oxidation sites excluding steroid dienone is 1. The second-order valence-corrected chi connectivity index (χ2v) is 6.11. The molecule has 0 aromatic heterocycles. The summed E-state index contributed by atoms with van der Waals surface area (Å²) in [5, 5.41) is 18.5. The molecular weight excluding hydrogens is 298 g/mol. The fraction of sp³-hybridized carbons (Fsp3) is 0.312. The minimum Gasteiger partial charge on any atom is -0.507 e. The molecule has 0 bridgehead atoms. The standard InChI is InChI=1S/C16H17N3O2S/c20-14-9-5-4-6-12(14)10-17-18-16-19(15(21)11-22-16)13-7-2-1-3-8-13/h2,4-7,9-10,13,20H,1,3,8,11H2. The van der Waals surface area contributed by atoms with Gasteiger partial charge in [0.05, 0.1) is 18.0 Å². The van der Waals surface area contributed by atoms with Gasteiger partial charge in [0, 0.05) is 5.56 Å². The van der Waals surface area contributed by atoms with E-state index in [0.29, 0.717) is 16.5 Å². The summed E-state index contributed by atoms with van der Waals surface area (Å²) in [4.78, 5) is 13.8. The van der Waals surface area contributed by atoms with Crippen molar-refractivity contribution < 1.29 is 9.90 Å². The van der Waals surface area contributed by atoms with E-state index in [2.05, 4.69) is 22.4 Å². The summed E-state index contributed by atoms with van der Waals surface area (Å²) in [6.45, 7) is 0. The van der Waals surface area contributed by atoms with Crippen LogP contribution in [0.4, 0.5) is 0 Å². The van der Waals surface area contributed by atoms with Gasteiger partial charge in [-0.25, -0.2) is 0 Å². The Hall–Kier alpha value is -2.08. The van der Waals surface area contributed by atoms with E-state index in [0.717, 1.165) is 19.3 Å². The summed E-state index contributed by atoms with van der Waals surface area (Å²) >= 11 is 1.41. The Kier molecular flexibility index (Phi) is 4.58. The topological polar surface area (TPSA) is 65.3 Å². The molecule has 0 saturated carbocycles. The molecule has 1 heterocycles. The lowest BCUT2D eigenvalue weighted by Gasteiger charge is -2.26. The Bertz CT molecular complexity index is 655. The normalized spacial score (nSPS) is 23.8. The highest BCUT2D eigenvalue weighted by molar-refractivity contribution is 8.15. The van der Waals surface area contributed by atoms with Crippen LogP contribution < -0.4 is 0 Å². The van der Waals surface area contributed by atoms with Crippen LogP contribution in [0, 0.1) is 0 Å². The van der Waals surface area contributed by atoms with Gasteiger partial charge >= 0.3 is 0 Å². The van der Waals surface area contributed by atoms with Crippen molar-refractivity contribution in [2.45, 2.75) is 25.3 Å². The summed E-state index contributed by atoms with van der Waals surface area (Å²) < 4.78 is 0. The van der Waals surface area contributed by atoms with Crippen molar-refractivity contribution in [3.05, 3.63) is 42.0 Å². The minimum atomic E-state index is 0.0815. The smallest absolute Gasteiger partial charge is 0.239 e. The van der Waals surface area contributed by atoms with Crippen molar-refractivity contribution in [3.8, 4) is 5.75 Å². The van der Waals surface area contributed by atoms with E-state index in [9.17, 15) is 9.90 Å². The number of rotatable bonds is 3. The second-order valence-electron chi connectivity index (χ2n) is 5.16. The number of amides is 1. The first kappa shape index (κ1) is 14.8. The van der Waals surface area contributed by atoms with Gasteiger partial charge in [0.1, 0.15) is 5.75 Å². The third kappa shape index (κ3) is 3.22. The summed E-state index contributed by atoms with van der Waals surface area (Å²) in [6, 6.07) is 7.02. The fourth-order valence-corrected chi connectivity index (χ4v) is 3.40. The molecule has 1 aromatic carbocycles. The van der Waals surface area contributed by atoms with E-state index >= 15 is 0 Å². The van der Waals surface area contributed by atoms with E-state index in [1.165, 1.54) is 18.0 Å². The van der Waals surface area contributed by atoms with Crippen molar-refractivity contribution >= 4 is 29.1 Å². The maximum Gasteiger partial charge on any atom is 0.239 e. The maximum atomic E-state index is 12.1. The number of para-hydroxylation sites is 1. The average molecular weight is 315 g/mol. The van der Waals surface area contributed by atoms with Crippen LogP contribution in [0.3, 0.4) is 0 Å². The van der Waals surface area contributed by atoms with Crippen LogP contribution in [0.2, 0.25) is 0 Å². The number of benzene rings is 1. The summed E-state index contributed by atoms with van der Waals surface area (Å²) in [5.41, 5.74) is 0.602. The predicted molar refractivity (Wildman–Crippen MR) is 89.2 cm³/mol. The highest BCUT2D eigenvalue weighted by atomic mass is 32.2. The minimum absolute atomic E-state index is 0.0815. The van der Waals surface area contributed by atoms with Crippen LogP contribution in [-0.4, -0.2) is 39.1 Å². The summed E-state index contributed by atoms with van der Waals surface area (Å²) in [7, 11) is 0. The van der Waals surface area contributed by atoms with E-state index < -0.39 is 0 Å². The molecule has 2 aliphatic rings. The number of hydrogen-bond acceptors (Lipinski definition) is 5. The lowest BCUT2D eigenvalue weighted by atomic mass is 10.0. The quantitative estimate of drug-likeness (QED) is 0.530. The molecule has 1 N–H and O–H groups in total. The van der Waals surface area contributed by atoms with Gasteiger partial charge in [-0.05, 0) is 31.4 Å². The first-order valence-electron chi connectivity index (χ1n) is 7.26. The third-order valence-electron chi connectivity index (χ3n) is 3.64. The molecule has 1 fully saturated rings. The van der Waals surface area contributed by atoms with Crippen LogP contribution in [0.1, 0.15) is 24.8 Å². The fourth-order valence-electron chi connectivity index (χ4n) is 2.52. The van der Waals surface area contributed by atoms with E-state index in [1.54, 1.807) is 23.1 Å². The Morgan fingerprint density at radius 1 is 1.36 bits per heavy atom. The van der Waals surface area contributed by atoms with Crippen LogP contribution in [-0.2, 0) is 4.79 Å². The lowest BCUT2D eigenvalue weighted by Crippen LogP contribution is -2.39. The number of phenols is 1. The van der Waals surface area contributed by atoms with E-state index in [4.69, 9.17) is 0 Å². The van der Waals surface area contributed by atoms with Gasteiger partial charge in [-0.15, -0.1) is 5.10 Å². The van der Waals surface area contributed by atoms with Crippen LogP contribution in [0.25, 0.3) is 0 Å². The zero-order valence-electron chi connectivity index (χ0n) is 12.1. The molecule has 6 heteroatoms. The second kappa shape index (κ2) is 6.79. The maximum absolute atomic E-state index is 12.1. The Morgan fingerprint density at radius 3 is 3.00 bits per heavy atom. The van der Waals surface area contributed by atoms with Gasteiger partial charge in [-0.3, -0.25) is 9.69 Å². The lowest BCUT2D eigenvalue weighted by molar-refractivity contribution is -0.125. The molecule has 1 aliphatic carbocycles. The number of nitrogens with zero attached hydrogens (tertiary/aromatic N) is 3. The highest BCUT2D eigenvalue weighted by Gasteiger charge is 2.33. The zero-order valence-corrected chi connectivity index (χ0v) is 12.9. The summed E-state index contributed by atoms with van der Waals surface area (Å²) in [5.74, 6) is 0.654. The number of carbonyl (C=O) groups is 1. The molecule has 5 nitrogen and oxygen atoms in total. The monoisotopic (exact) mass is 315 g/mol. The molecule has 22 heavy (non-hydrogen) atoms. The van der Waals surface area contributed by atoms with Crippen molar-refractivity contribution in [3.63, 3.8) is 0 Å². The average Bonchev–Trinajstić information content (AvgIpc) is 2.91. The van der Waals surface area contributed by atoms with Gasteiger partial charge < -0.3 is 5.11 Å². The van der Waals surface area contributed by atoms with Crippen LogP contribution >= 0.6 is 11.8 Å². The molecule has 1 aromatic rings. The van der Waals surface area contributed by atoms with Crippen molar-refractivity contribution in [2.24, 2.45) is 10.2 Å². The van der Waals surface area contributed by atoms with E-state index in [-0.39, 0.29) is 17.7 Å². The Morgan fingerprint density at radius 2 is 2.23 bits per heavy atom. The van der Waals surface area contributed by atoms with Gasteiger partial charge in [0.2, 0.25) is 5.91 Å².